The van der Waals surface area contributed by atoms with Crippen molar-refractivity contribution >= 4 is 27.7 Å². The highest BCUT2D eigenvalue weighted by atomic mass is 32.2. The van der Waals surface area contributed by atoms with Crippen molar-refractivity contribution in [2.24, 2.45) is 5.92 Å². The van der Waals surface area contributed by atoms with Gasteiger partial charge in [0.25, 0.3) is 0 Å². The maximum Gasteiger partial charge on any atom is 0.244 e. The summed E-state index contributed by atoms with van der Waals surface area (Å²) in [5.41, 5.74) is 0. The Morgan fingerprint density at radius 2 is 1.92 bits per heavy atom. The van der Waals surface area contributed by atoms with Crippen molar-refractivity contribution in [1.82, 2.24) is 14.6 Å². The maximum absolute atomic E-state index is 12.6. The van der Waals surface area contributed by atoms with Crippen LogP contribution in [0, 0.1) is 5.92 Å². The van der Waals surface area contributed by atoms with E-state index in [2.05, 4.69) is 24.1 Å². The van der Waals surface area contributed by atoms with Gasteiger partial charge in [-0.15, -0.1) is 0 Å². The number of hydrogen-bond acceptors (Lipinski definition) is 5. The molecule has 1 aromatic rings. The number of rotatable bonds is 7. The Bertz CT molecular complexity index is 669. The lowest BCUT2D eigenvalue weighted by molar-refractivity contribution is -0.119. The molecule has 2 heterocycles. The van der Waals surface area contributed by atoms with Crippen LogP contribution in [0.5, 0.6) is 0 Å². The van der Waals surface area contributed by atoms with E-state index >= 15 is 0 Å². The second-order valence-electron chi connectivity index (χ2n) is 6.69. The monoisotopic (exact) mass is 385 g/mol. The molecule has 2 rings (SSSR count). The van der Waals surface area contributed by atoms with Gasteiger partial charge in [0.2, 0.25) is 15.9 Å². The van der Waals surface area contributed by atoms with Crippen LogP contribution in [0.15, 0.2) is 28.3 Å². The van der Waals surface area contributed by atoms with Crippen molar-refractivity contribution in [1.29, 1.82) is 0 Å². The molecule has 1 aliphatic heterocycles. The molecule has 1 N–H and O–H groups in total. The normalized spacial score (nSPS) is 17.4. The van der Waals surface area contributed by atoms with E-state index < -0.39 is 10.0 Å². The lowest BCUT2D eigenvalue weighted by atomic mass is 10.1. The van der Waals surface area contributed by atoms with Gasteiger partial charge >= 0.3 is 0 Å². The third-order valence-electron chi connectivity index (χ3n) is 4.40. The third kappa shape index (κ3) is 5.69. The van der Waals surface area contributed by atoms with Gasteiger partial charge in [0, 0.05) is 25.3 Å². The topological polar surface area (TPSA) is 79.4 Å². The Labute approximate surface area is 154 Å². The van der Waals surface area contributed by atoms with Crippen LogP contribution >= 0.6 is 11.8 Å². The number of amides is 1. The summed E-state index contributed by atoms with van der Waals surface area (Å²) in [7, 11) is -3.45. The zero-order valence-electron chi connectivity index (χ0n) is 15.1. The number of sulfonamides is 1. The highest BCUT2D eigenvalue weighted by Gasteiger charge is 2.26. The SMILES string of the molecule is CC(C)[C@H](C)NC(=O)CSc1ccc(S(=O)(=O)N2CCCCC2)cn1. The first-order valence-corrected chi connectivity index (χ1v) is 11.1. The highest BCUT2D eigenvalue weighted by Crippen LogP contribution is 2.22. The molecule has 140 valence electrons. The van der Waals surface area contributed by atoms with E-state index in [4.69, 9.17) is 0 Å². The standard InChI is InChI=1S/C17H27N3O3S2/c1-13(2)14(3)19-16(21)12-24-17-8-7-15(11-18-17)25(22,23)20-9-5-4-6-10-20/h7-8,11,13-14H,4-6,9-10,12H2,1-3H3,(H,19,21)/t14-/m0/s1. The van der Waals surface area contributed by atoms with E-state index in [1.54, 1.807) is 12.1 Å². The molecule has 0 saturated carbocycles. The fraction of sp³-hybridized carbons (Fsp3) is 0.647. The van der Waals surface area contributed by atoms with Gasteiger partial charge in [-0.05, 0) is 37.8 Å². The third-order valence-corrected chi connectivity index (χ3v) is 7.23. The summed E-state index contributed by atoms with van der Waals surface area (Å²) in [6.45, 7) is 7.24. The first-order valence-electron chi connectivity index (χ1n) is 8.69. The van der Waals surface area contributed by atoms with Gasteiger partial charge in [-0.1, -0.05) is 32.0 Å². The van der Waals surface area contributed by atoms with E-state index in [0.29, 0.717) is 24.0 Å². The molecule has 0 aromatic carbocycles. The predicted molar refractivity (Wildman–Crippen MR) is 100 cm³/mol. The zero-order chi connectivity index (χ0) is 18.4. The Morgan fingerprint density at radius 3 is 2.48 bits per heavy atom. The summed E-state index contributed by atoms with van der Waals surface area (Å²) in [6, 6.07) is 3.37. The molecule has 8 heteroatoms. The van der Waals surface area contributed by atoms with Crippen molar-refractivity contribution < 1.29 is 13.2 Å². The summed E-state index contributed by atoms with van der Waals surface area (Å²) in [5.74, 6) is 0.604. The molecule has 1 aromatic heterocycles. The second kappa shape index (κ2) is 9.00. The molecule has 1 aliphatic rings. The van der Waals surface area contributed by atoms with E-state index in [-0.39, 0.29) is 22.6 Å². The Kier molecular flexibility index (Phi) is 7.27. The molecule has 0 spiro atoms. The first-order chi connectivity index (χ1) is 11.8. The zero-order valence-corrected chi connectivity index (χ0v) is 16.7. The minimum absolute atomic E-state index is 0.0435. The fourth-order valence-corrected chi connectivity index (χ4v) is 4.58. The van der Waals surface area contributed by atoms with Gasteiger partial charge in [-0.3, -0.25) is 4.79 Å². The molecule has 1 amide bonds. The maximum atomic E-state index is 12.6. The van der Waals surface area contributed by atoms with Crippen LogP contribution in [0.25, 0.3) is 0 Å². The fourth-order valence-electron chi connectivity index (χ4n) is 2.46. The smallest absolute Gasteiger partial charge is 0.244 e. The minimum atomic E-state index is -3.45. The van der Waals surface area contributed by atoms with Crippen molar-refractivity contribution in [2.45, 2.75) is 56.0 Å². The van der Waals surface area contributed by atoms with Crippen molar-refractivity contribution in [3.05, 3.63) is 18.3 Å². The molecule has 1 saturated heterocycles. The van der Waals surface area contributed by atoms with Gasteiger partial charge in [0.15, 0.2) is 0 Å². The second-order valence-corrected chi connectivity index (χ2v) is 9.62. The number of hydrogen-bond donors (Lipinski definition) is 1. The summed E-state index contributed by atoms with van der Waals surface area (Å²) in [6.07, 6.45) is 4.28. The molecule has 6 nitrogen and oxygen atoms in total. The average Bonchev–Trinajstić information content (AvgIpc) is 2.61. The Hall–Kier alpha value is -1.12. The highest BCUT2D eigenvalue weighted by molar-refractivity contribution is 7.99. The summed E-state index contributed by atoms with van der Waals surface area (Å²) in [4.78, 5) is 16.3. The van der Waals surface area contributed by atoms with Crippen LogP contribution < -0.4 is 5.32 Å². The van der Waals surface area contributed by atoms with Crippen LogP contribution in [0.2, 0.25) is 0 Å². The number of nitrogens with one attached hydrogen (secondary N) is 1. The number of aromatic nitrogens is 1. The number of pyridine rings is 1. The van der Waals surface area contributed by atoms with Gasteiger partial charge in [-0.2, -0.15) is 4.31 Å². The molecule has 0 radical (unpaired) electrons. The average molecular weight is 386 g/mol. The van der Waals surface area contributed by atoms with Gasteiger partial charge in [-0.25, -0.2) is 13.4 Å². The van der Waals surface area contributed by atoms with Crippen LogP contribution in [0.1, 0.15) is 40.0 Å². The van der Waals surface area contributed by atoms with Crippen molar-refractivity contribution in [3.8, 4) is 0 Å². The largest absolute Gasteiger partial charge is 0.353 e. The van der Waals surface area contributed by atoms with Gasteiger partial charge < -0.3 is 5.32 Å². The quantitative estimate of drug-likeness (QED) is 0.730. The number of thioether (sulfide) groups is 1. The van der Waals surface area contributed by atoms with Gasteiger partial charge in [0.05, 0.1) is 10.8 Å². The number of piperidine rings is 1. The van der Waals surface area contributed by atoms with Gasteiger partial charge in [0.1, 0.15) is 4.90 Å². The van der Waals surface area contributed by atoms with E-state index in [1.165, 1.54) is 22.3 Å². The van der Waals surface area contributed by atoms with E-state index in [1.807, 2.05) is 6.92 Å². The number of carbonyl (C=O) groups excluding carboxylic acids is 1. The molecular formula is C17H27N3O3S2. The van der Waals surface area contributed by atoms with E-state index in [9.17, 15) is 13.2 Å². The summed E-state index contributed by atoms with van der Waals surface area (Å²) < 4.78 is 26.7. The first kappa shape index (κ1) is 20.2. The number of carbonyl (C=O) groups is 1. The summed E-state index contributed by atoms with van der Waals surface area (Å²) >= 11 is 1.31. The minimum Gasteiger partial charge on any atom is -0.353 e. The lowest BCUT2D eigenvalue weighted by Crippen LogP contribution is -2.37. The lowest BCUT2D eigenvalue weighted by Gasteiger charge is -2.25. The van der Waals surface area contributed by atoms with Crippen LogP contribution in [-0.2, 0) is 14.8 Å². The van der Waals surface area contributed by atoms with Crippen LogP contribution in [0.3, 0.4) is 0 Å². The Morgan fingerprint density at radius 1 is 1.24 bits per heavy atom. The molecule has 0 bridgehead atoms. The van der Waals surface area contributed by atoms with Crippen LogP contribution in [0.4, 0.5) is 0 Å². The van der Waals surface area contributed by atoms with Crippen molar-refractivity contribution in [3.63, 3.8) is 0 Å². The molecule has 1 fully saturated rings. The predicted octanol–water partition coefficient (Wildman–Crippen LogP) is 2.51. The molecule has 1 atom stereocenters. The molecule has 0 aliphatic carbocycles. The Balaban J connectivity index is 1.92. The van der Waals surface area contributed by atoms with Crippen LogP contribution in [-0.4, -0.2) is 48.5 Å². The summed E-state index contributed by atoms with van der Waals surface area (Å²) in [5, 5.41) is 3.58. The molecule has 0 unspecified atom stereocenters. The van der Waals surface area contributed by atoms with E-state index in [0.717, 1.165) is 19.3 Å². The molecule has 25 heavy (non-hydrogen) atoms. The van der Waals surface area contributed by atoms with Crippen molar-refractivity contribution in [2.75, 3.05) is 18.8 Å². The number of nitrogens with zero attached hydrogens (tertiary/aromatic N) is 2. The molecular weight excluding hydrogens is 358 g/mol.